The number of nitrogens with zero attached hydrogens (tertiary/aromatic N) is 2. The highest BCUT2D eigenvalue weighted by Gasteiger charge is 2.39. The standard InChI is InChI=1S/C26H20ClF4N3/c27-22-8-9-24(33-17-22)25(14-18-5-2-1-3-6-18,34-16-19-7-4-10-32-15-19)20-11-21(26(29,30)31)13-23(28)12-20/h1-13,15,17,34H,14,16H2. The van der Waals surface area contributed by atoms with Crippen molar-refractivity contribution in [1.29, 1.82) is 0 Å². The molecule has 0 aliphatic carbocycles. The molecule has 2 aromatic carbocycles. The second-order valence-electron chi connectivity index (χ2n) is 7.87. The first-order chi connectivity index (χ1) is 16.3. The van der Waals surface area contributed by atoms with Gasteiger partial charge in [-0.3, -0.25) is 15.3 Å². The molecule has 4 aromatic rings. The number of hydrogen-bond acceptors (Lipinski definition) is 3. The minimum Gasteiger partial charge on any atom is -0.298 e. The van der Waals surface area contributed by atoms with Crippen molar-refractivity contribution in [3.8, 4) is 0 Å². The largest absolute Gasteiger partial charge is 0.416 e. The topological polar surface area (TPSA) is 37.8 Å². The number of aromatic nitrogens is 2. The Bertz CT molecular complexity index is 1230. The molecule has 0 fully saturated rings. The summed E-state index contributed by atoms with van der Waals surface area (Å²) in [5.41, 5.74) is -0.232. The Morgan fingerprint density at radius 2 is 1.56 bits per heavy atom. The van der Waals surface area contributed by atoms with E-state index < -0.39 is 23.1 Å². The van der Waals surface area contributed by atoms with Crippen molar-refractivity contribution in [2.75, 3.05) is 0 Å². The fourth-order valence-corrected chi connectivity index (χ4v) is 3.99. The van der Waals surface area contributed by atoms with Crippen molar-refractivity contribution in [3.05, 3.63) is 130 Å². The van der Waals surface area contributed by atoms with Crippen LogP contribution in [0.2, 0.25) is 5.02 Å². The third kappa shape index (κ3) is 5.43. The van der Waals surface area contributed by atoms with Gasteiger partial charge in [0.25, 0.3) is 0 Å². The molecule has 4 rings (SSSR count). The Hall–Kier alpha value is -3.29. The summed E-state index contributed by atoms with van der Waals surface area (Å²) in [6, 6.07) is 18.7. The Balaban J connectivity index is 1.93. The molecule has 0 amide bonds. The van der Waals surface area contributed by atoms with E-state index in [-0.39, 0.29) is 18.5 Å². The predicted octanol–water partition coefficient (Wildman–Crippen LogP) is 6.56. The maximum absolute atomic E-state index is 14.6. The van der Waals surface area contributed by atoms with Crippen molar-refractivity contribution < 1.29 is 17.6 Å². The highest BCUT2D eigenvalue weighted by molar-refractivity contribution is 6.30. The summed E-state index contributed by atoms with van der Waals surface area (Å²) >= 11 is 6.05. The SMILES string of the molecule is Fc1cc(C(F)(F)F)cc(C(Cc2ccccc2)(NCc2cccnc2)c2ccc(Cl)cn2)c1. The van der Waals surface area contributed by atoms with Crippen LogP contribution >= 0.6 is 11.6 Å². The summed E-state index contributed by atoms with van der Waals surface area (Å²) in [5, 5.41) is 3.75. The molecule has 1 unspecified atom stereocenters. The molecule has 174 valence electrons. The monoisotopic (exact) mass is 485 g/mol. The van der Waals surface area contributed by atoms with Gasteiger partial charge in [0, 0.05) is 31.6 Å². The number of pyridine rings is 2. The summed E-state index contributed by atoms with van der Waals surface area (Å²) in [5.74, 6) is -0.987. The normalized spacial score (nSPS) is 13.4. The second-order valence-corrected chi connectivity index (χ2v) is 8.31. The minimum atomic E-state index is -4.72. The fraction of sp³-hybridized carbons (Fsp3) is 0.154. The zero-order chi connectivity index (χ0) is 24.2. The minimum absolute atomic E-state index is 0.0994. The highest BCUT2D eigenvalue weighted by atomic mass is 35.5. The molecule has 2 heterocycles. The molecule has 0 saturated carbocycles. The van der Waals surface area contributed by atoms with Crippen LogP contribution in [0.25, 0.3) is 0 Å². The molecule has 0 saturated heterocycles. The molecule has 0 aliphatic heterocycles. The van der Waals surface area contributed by atoms with E-state index in [4.69, 9.17) is 11.6 Å². The molecule has 0 aliphatic rings. The van der Waals surface area contributed by atoms with Gasteiger partial charge in [0.15, 0.2) is 0 Å². The summed E-state index contributed by atoms with van der Waals surface area (Å²) in [6.07, 6.45) is 0.202. The molecular formula is C26H20ClF4N3. The first kappa shape index (κ1) is 23.9. The molecule has 3 nitrogen and oxygen atoms in total. The molecule has 0 bridgehead atoms. The van der Waals surface area contributed by atoms with Crippen LogP contribution in [-0.2, 0) is 24.7 Å². The summed E-state index contributed by atoms with van der Waals surface area (Å²) in [4.78, 5) is 8.55. The molecule has 0 spiro atoms. The van der Waals surface area contributed by atoms with E-state index in [0.717, 1.165) is 23.3 Å². The number of nitrogens with one attached hydrogen (secondary N) is 1. The predicted molar refractivity (Wildman–Crippen MR) is 123 cm³/mol. The van der Waals surface area contributed by atoms with Crippen LogP contribution in [0.4, 0.5) is 17.6 Å². The van der Waals surface area contributed by atoms with Crippen LogP contribution in [0.15, 0.2) is 91.4 Å². The summed E-state index contributed by atoms with van der Waals surface area (Å²) in [7, 11) is 0. The molecule has 0 radical (unpaired) electrons. The first-order valence-electron chi connectivity index (χ1n) is 10.4. The van der Waals surface area contributed by atoms with Gasteiger partial charge in [-0.2, -0.15) is 13.2 Å². The Morgan fingerprint density at radius 1 is 0.824 bits per heavy atom. The fourth-order valence-electron chi connectivity index (χ4n) is 3.88. The van der Waals surface area contributed by atoms with E-state index in [1.807, 2.05) is 36.4 Å². The van der Waals surface area contributed by atoms with Crippen molar-refractivity contribution in [2.45, 2.75) is 24.7 Å². The molecular weight excluding hydrogens is 466 g/mol. The Kier molecular flexibility index (Phi) is 6.95. The van der Waals surface area contributed by atoms with Crippen LogP contribution in [0.5, 0.6) is 0 Å². The second kappa shape index (κ2) is 9.91. The molecule has 8 heteroatoms. The first-order valence-corrected chi connectivity index (χ1v) is 10.8. The van der Waals surface area contributed by atoms with Crippen LogP contribution in [-0.4, -0.2) is 9.97 Å². The number of halogens is 5. The van der Waals surface area contributed by atoms with E-state index in [1.165, 1.54) is 6.20 Å². The van der Waals surface area contributed by atoms with Crippen molar-refractivity contribution in [3.63, 3.8) is 0 Å². The highest BCUT2D eigenvalue weighted by Crippen LogP contribution is 2.38. The smallest absolute Gasteiger partial charge is 0.298 e. The van der Waals surface area contributed by atoms with Crippen molar-refractivity contribution in [1.82, 2.24) is 15.3 Å². The van der Waals surface area contributed by atoms with Crippen LogP contribution in [0, 0.1) is 5.82 Å². The molecule has 1 atom stereocenters. The van der Waals surface area contributed by atoms with Crippen LogP contribution < -0.4 is 5.32 Å². The Morgan fingerprint density at radius 3 is 2.21 bits per heavy atom. The zero-order valence-corrected chi connectivity index (χ0v) is 18.6. The van der Waals surface area contributed by atoms with Gasteiger partial charge < -0.3 is 0 Å². The van der Waals surface area contributed by atoms with E-state index in [1.54, 1.807) is 30.6 Å². The quantitative estimate of drug-likeness (QED) is 0.301. The lowest BCUT2D eigenvalue weighted by Gasteiger charge is -2.36. The lowest BCUT2D eigenvalue weighted by Crippen LogP contribution is -2.46. The van der Waals surface area contributed by atoms with Gasteiger partial charge >= 0.3 is 6.18 Å². The number of rotatable bonds is 7. The molecule has 34 heavy (non-hydrogen) atoms. The summed E-state index contributed by atoms with van der Waals surface area (Å²) < 4.78 is 55.5. The van der Waals surface area contributed by atoms with E-state index in [9.17, 15) is 17.6 Å². The number of benzene rings is 2. The van der Waals surface area contributed by atoms with E-state index >= 15 is 0 Å². The van der Waals surface area contributed by atoms with Crippen LogP contribution in [0.3, 0.4) is 0 Å². The third-order valence-electron chi connectivity index (χ3n) is 5.51. The van der Waals surface area contributed by atoms with Gasteiger partial charge in [-0.05, 0) is 53.1 Å². The van der Waals surface area contributed by atoms with Crippen molar-refractivity contribution in [2.24, 2.45) is 0 Å². The maximum atomic E-state index is 14.6. The average Bonchev–Trinajstić information content (AvgIpc) is 2.83. The van der Waals surface area contributed by atoms with Gasteiger partial charge in [0.2, 0.25) is 0 Å². The van der Waals surface area contributed by atoms with E-state index in [2.05, 4.69) is 15.3 Å². The van der Waals surface area contributed by atoms with Gasteiger partial charge in [0.05, 0.1) is 21.8 Å². The zero-order valence-electron chi connectivity index (χ0n) is 17.9. The summed E-state index contributed by atoms with van der Waals surface area (Å²) in [6.45, 7) is 0.253. The van der Waals surface area contributed by atoms with Crippen LogP contribution in [0.1, 0.15) is 27.9 Å². The number of hydrogen-bond donors (Lipinski definition) is 1. The van der Waals surface area contributed by atoms with Gasteiger partial charge in [-0.1, -0.05) is 48.0 Å². The molecule has 2 aromatic heterocycles. The van der Waals surface area contributed by atoms with Gasteiger partial charge in [-0.15, -0.1) is 0 Å². The third-order valence-corrected chi connectivity index (χ3v) is 5.74. The maximum Gasteiger partial charge on any atom is 0.416 e. The Labute approximate surface area is 199 Å². The average molecular weight is 486 g/mol. The molecule has 1 N–H and O–H groups in total. The lowest BCUT2D eigenvalue weighted by molar-refractivity contribution is -0.137. The van der Waals surface area contributed by atoms with E-state index in [0.29, 0.717) is 16.8 Å². The lowest BCUT2D eigenvalue weighted by atomic mass is 9.79. The van der Waals surface area contributed by atoms with Gasteiger partial charge in [-0.25, -0.2) is 4.39 Å². The van der Waals surface area contributed by atoms with Crippen molar-refractivity contribution >= 4 is 11.6 Å². The number of alkyl halides is 3. The van der Waals surface area contributed by atoms with Gasteiger partial charge in [0.1, 0.15) is 5.82 Å².